The number of hydrogen-bond acceptors (Lipinski definition) is 7. The molecular formula is C33H38ClFN6O4. The number of ether oxygens (including phenoxy) is 1. The molecule has 6 N–H and O–H groups in total. The highest BCUT2D eigenvalue weighted by Gasteiger charge is 2.26. The van der Waals surface area contributed by atoms with Crippen LogP contribution in [0.5, 0.6) is 11.5 Å². The molecule has 12 heteroatoms. The van der Waals surface area contributed by atoms with E-state index in [2.05, 4.69) is 20.7 Å². The predicted molar refractivity (Wildman–Crippen MR) is 174 cm³/mol. The number of aliphatic imine (C=N–C) groups is 1. The van der Waals surface area contributed by atoms with Gasteiger partial charge in [0.25, 0.3) is 0 Å². The third kappa shape index (κ3) is 7.42. The van der Waals surface area contributed by atoms with E-state index in [0.29, 0.717) is 23.2 Å². The number of fused-ring (bicyclic) bond motifs is 1. The number of phenols is 2. The maximum atomic E-state index is 14.0. The van der Waals surface area contributed by atoms with Gasteiger partial charge in [-0.25, -0.2) is 18.7 Å². The molecule has 2 heterocycles. The Morgan fingerprint density at radius 2 is 1.82 bits per heavy atom. The van der Waals surface area contributed by atoms with Crippen molar-refractivity contribution in [1.82, 2.24) is 14.9 Å². The summed E-state index contributed by atoms with van der Waals surface area (Å²) in [5.41, 5.74) is 10.4. The predicted octanol–water partition coefficient (Wildman–Crippen LogP) is 7.05. The van der Waals surface area contributed by atoms with Crippen LogP contribution in [0.25, 0.3) is 16.6 Å². The topological polar surface area (TPSA) is 146 Å². The molecule has 1 aliphatic carbocycles. The highest BCUT2D eigenvalue weighted by atomic mass is 35.5. The minimum absolute atomic E-state index is 0.00822. The van der Waals surface area contributed by atoms with Gasteiger partial charge in [-0.1, -0.05) is 18.5 Å². The van der Waals surface area contributed by atoms with Crippen LogP contribution in [0.2, 0.25) is 5.02 Å². The molecule has 2 aromatic heterocycles. The van der Waals surface area contributed by atoms with Crippen LogP contribution < -0.4 is 16.4 Å². The number of amides is 1. The number of halogens is 2. The summed E-state index contributed by atoms with van der Waals surface area (Å²) >= 11 is 6.29. The number of nitrogens with one attached hydrogen (secondary N) is 2. The van der Waals surface area contributed by atoms with Gasteiger partial charge in [0.1, 0.15) is 17.3 Å². The second-order valence-corrected chi connectivity index (χ2v) is 12.7. The van der Waals surface area contributed by atoms with Gasteiger partial charge in [0.05, 0.1) is 33.7 Å². The first kappa shape index (κ1) is 31.9. The van der Waals surface area contributed by atoms with E-state index in [-0.39, 0.29) is 40.1 Å². The SMILES string of the molecule is CCc1cc(O)c(O)cc1-c1cc2c(N[C@H]3CC[C@H](NC(=O)OC(C)(C)C)CC3)c(C(N)=Nc3cc(F)ccc3Cl)cnn2c1. The Morgan fingerprint density at radius 1 is 1.13 bits per heavy atom. The van der Waals surface area contributed by atoms with Crippen LogP contribution in [-0.2, 0) is 11.2 Å². The van der Waals surface area contributed by atoms with Crippen LogP contribution in [0.1, 0.15) is 64.5 Å². The van der Waals surface area contributed by atoms with Gasteiger partial charge in [0.2, 0.25) is 0 Å². The molecule has 0 aliphatic heterocycles. The maximum Gasteiger partial charge on any atom is 0.407 e. The van der Waals surface area contributed by atoms with E-state index in [1.807, 2.05) is 40.0 Å². The first-order chi connectivity index (χ1) is 21.3. The maximum absolute atomic E-state index is 14.0. The number of aromatic hydroxyl groups is 2. The summed E-state index contributed by atoms with van der Waals surface area (Å²) < 4.78 is 21.1. The smallest absolute Gasteiger partial charge is 0.407 e. The molecule has 2 aromatic carbocycles. The lowest BCUT2D eigenvalue weighted by Gasteiger charge is -2.31. The van der Waals surface area contributed by atoms with Crippen LogP contribution in [0, 0.1) is 5.82 Å². The molecular weight excluding hydrogens is 599 g/mol. The normalized spacial score (nSPS) is 17.3. The summed E-state index contributed by atoms with van der Waals surface area (Å²) in [5, 5.41) is 31.8. The molecule has 10 nitrogen and oxygen atoms in total. The van der Waals surface area contributed by atoms with Crippen LogP contribution in [0.4, 0.5) is 20.6 Å². The van der Waals surface area contributed by atoms with Crippen molar-refractivity contribution < 1.29 is 24.1 Å². The minimum atomic E-state index is -0.573. The monoisotopic (exact) mass is 636 g/mol. The van der Waals surface area contributed by atoms with Gasteiger partial charge in [0, 0.05) is 29.9 Å². The summed E-state index contributed by atoms with van der Waals surface area (Å²) in [6, 6.07) is 8.95. The second-order valence-electron chi connectivity index (χ2n) is 12.3. The number of benzene rings is 2. The molecule has 0 saturated heterocycles. The molecule has 5 rings (SSSR count). The lowest BCUT2D eigenvalue weighted by atomic mass is 9.91. The number of aryl methyl sites for hydroxylation is 1. The average molecular weight is 637 g/mol. The van der Waals surface area contributed by atoms with Crippen molar-refractivity contribution in [2.24, 2.45) is 10.7 Å². The van der Waals surface area contributed by atoms with E-state index < -0.39 is 17.5 Å². The highest BCUT2D eigenvalue weighted by molar-refractivity contribution is 6.33. The molecule has 0 spiro atoms. The largest absolute Gasteiger partial charge is 0.504 e. The zero-order valence-corrected chi connectivity index (χ0v) is 26.5. The van der Waals surface area contributed by atoms with E-state index in [1.54, 1.807) is 16.8 Å². The molecule has 0 bridgehead atoms. The molecule has 1 saturated carbocycles. The summed E-state index contributed by atoms with van der Waals surface area (Å²) in [6.07, 6.45) is 6.66. The first-order valence-electron chi connectivity index (χ1n) is 14.9. The summed E-state index contributed by atoms with van der Waals surface area (Å²) in [7, 11) is 0. The van der Waals surface area contributed by atoms with Crippen LogP contribution in [0.3, 0.4) is 0 Å². The van der Waals surface area contributed by atoms with E-state index in [9.17, 15) is 19.4 Å². The minimum Gasteiger partial charge on any atom is -0.504 e. The molecule has 4 aromatic rings. The van der Waals surface area contributed by atoms with E-state index in [1.165, 1.54) is 24.3 Å². The fourth-order valence-electron chi connectivity index (χ4n) is 5.55. The zero-order chi connectivity index (χ0) is 32.5. The molecule has 0 unspecified atom stereocenters. The summed E-state index contributed by atoms with van der Waals surface area (Å²) in [4.78, 5) is 16.8. The fourth-order valence-corrected chi connectivity index (χ4v) is 5.71. The molecule has 1 aliphatic rings. The van der Waals surface area contributed by atoms with Crippen molar-refractivity contribution in [3.8, 4) is 22.6 Å². The van der Waals surface area contributed by atoms with E-state index in [0.717, 1.165) is 42.4 Å². The average Bonchev–Trinajstić information content (AvgIpc) is 3.41. The number of alkyl carbamates (subject to hydrolysis) is 1. The summed E-state index contributed by atoms with van der Waals surface area (Å²) in [5.74, 6) is -0.794. The Hall–Kier alpha value is -4.51. The number of rotatable bonds is 7. The lowest BCUT2D eigenvalue weighted by molar-refractivity contribution is 0.0492. The van der Waals surface area contributed by atoms with Crippen molar-refractivity contribution in [2.75, 3.05) is 5.32 Å². The van der Waals surface area contributed by atoms with Crippen LogP contribution >= 0.6 is 11.6 Å². The van der Waals surface area contributed by atoms with Crippen molar-refractivity contribution in [1.29, 1.82) is 0 Å². The van der Waals surface area contributed by atoms with Gasteiger partial charge in [0.15, 0.2) is 11.5 Å². The highest BCUT2D eigenvalue weighted by Crippen LogP contribution is 2.37. The molecule has 0 radical (unpaired) electrons. The summed E-state index contributed by atoms with van der Waals surface area (Å²) in [6.45, 7) is 7.46. The van der Waals surface area contributed by atoms with Gasteiger partial charge in [-0.2, -0.15) is 5.10 Å². The van der Waals surface area contributed by atoms with Gasteiger partial charge in [-0.15, -0.1) is 0 Å². The fraction of sp³-hybridized carbons (Fsp3) is 0.364. The molecule has 0 atom stereocenters. The Labute approximate surface area is 266 Å². The standard InChI is InChI=1S/C33H38ClFN6O4/c1-5-18-13-28(42)29(43)15-23(18)19-12-27-30(38-21-7-9-22(10-8-21)39-32(44)45-33(2,3)4)24(16-37-41(27)17-19)31(36)40-26-14-20(35)6-11-25(26)34/h6,11-17,21-22,38,42-43H,5,7-10H2,1-4H3,(H2,36,40)(H,39,44)/t21-,22-. The quantitative estimate of drug-likeness (QED) is 0.0829. The number of nitrogens with zero attached hydrogens (tertiary/aromatic N) is 3. The number of hydrogen-bond donors (Lipinski definition) is 5. The number of nitrogens with two attached hydrogens (primary N) is 1. The first-order valence-corrected chi connectivity index (χ1v) is 15.3. The van der Waals surface area contributed by atoms with Gasteiger partial charge < -0.3 is 31.3 Å². The Bertz CT molecular complexity index is 1760. The van der Waals surface area contributed by atoms with Crippen molar-refractivity contribution in [2.45, 2.75) is 77.5 Å². The van der Waals surface area contributed by atoms with E-state index >= 15 is 0 Å². The molecule has 1 fully saturated rings. The number of amidine groups is 1. The third-order valence-corrected chi connectivity index (χ3v) is 8.07. The van der Waals surface area contributed by atoms with Crippen molar-refractivity contribution in [3.63, 3.8) is 0 Å². The van der Waals surface area contributed by atoms with Crippen LogP contribution in [-0.4, -0.2) is 49.4 Å². The van der Waals surface area contributed by atoms with Gasteiger partial charge >= 0.3 is 6.09 Å². The number of carbonyl (C=O) groups is 1. The Kier molecular flexibility index (Phi) is 9.11. The number of anilines is 1. The zero-order valence-electron chi connectivity index (χ0n) is 25.7. The Balaban J connectivity index is 1.50. The number of phenolic OH excluding ortho intramolecular Hbond substituents is 2. The molecule has 45 heavy (non-hydrogen) atoms. The van der Waals surface area contributed by atoms with Crippen molar-refractivity contribution in [3.05, 3.63) is 70.8 Å². The second kappa shape index (κ2) is 12.8. The number of aromatic nitrogens is 2. The lowest BCUT2D eigenvalue weighted by Crippen LogP contribution is -2.42. The van der Waals surface area contributed by atoms with Gasteiger partial charge in [-0.3, -0.25) is 0 Å². The van der Waals surface area contributed by atoms with Crippen molar-refractivity contribution >= 4 is 40.4 Å². The van der Waals surface area contributed by atoms with Crippen LogP contribution in [0.15, 0.2) is 53.8 Å². The van der Waals surface area contributed by atoms with Gasteiger partial charge in [-0.05, 0) is 94.3 Å². The molecule has 238 valence electrons. The third-order valence-electron chi connectivity index (χ3n) is 7.75. The Morgan fingerprint density at radius 3 is 2.51 bits per heavy atom. The van der Waals surface area contributed by atoms with E-state index in [4.69, 9.17) is 22.1 Å². The molecule has 1 amide bonds. The number of carbonyl (C=O) groups excluding carboxylic acids is 1.